The second-order valence-corrected chi connectivity index (χ2v) is 7.99. The highest BCUT2D eigenvalue weighted by molar-refractivity contribution is 7.89. The van der Waals surface area contributed by atoms with Gasteiger partial charge in [-0.15, -0.1) is 4.83 Å². The van der Waals surface area contributed by atoms with Crippen molar-refractivity contribution in [3.8, 4) is 5.75 Å². The van der Waals surface area contributed by atoms with Crippen LogP contribution in [0.5, 0.6) is 5.75 Å². The number of hydrogen-bond donors (Lipinski definition) is 3. The van der Waals surface area contributed by atoms with Crippen LogP contribution in [-0.2, 0) is 21.2 Å². The number of phenols is 1. The van der Waals surface area contributed by atoms with Gasteiger partial charge in [-0.2, -0.15) is 0 Å². The van der Waals surface area contributed by atoms with Gasteiger partial charge < -0.3 is 10.0 Å². The normalized spacial score (nSPS) is 16.1. The molecule has 2 amide bonds. The van der Waals surface area contributed by atoms with Gasteiger partial charge in [0.1, 0.15) is 5.75 Å². The van der Waals surface area contributed by atoms with Crippen LogP contribution in [0.4, 0.5) is 5.69 Å². The van der Waals surface area contributed by atoms with Crippen LogP contribution in [0.25, 0.3) is 0 Å². The number of fused-ring (bicyclic) bond motifs is 1. The van der Waals surface area contributed by atoms with E-state index in [1.807, 2.05) is 11.8 Å². The van der Waals surface area contributed by atoms with Crippen molar-refractivity contribution >= 4 is 27.5 Å². The van der Waals surface area contributed by atoms with Crippen LogP contribution < -0.4 is 15.2 Å². The molecule has 2 aromatic rings. The highest BCUT2D eigenvalue weighted by atomic mass is 32.2. The molecule has 1 unspecified atom stereocenters. The van der Waals surface area contributed by atoms with Crippen LogP contribution in [0.15, 0.2) is 47.4 Å². The summed E-state index contributed by atoms with van der Waals surface area (Å²) >= 11 is 0. The lowest BCUT2D eigenvalue weighted by Crippen LogP contribution is -2.41. The lowest BCUT2D eigenvalue weighted by Gasteiger charge is -2.20. The summed E-state index contributed by atoms with van der Waals surface area (Å²) in [5.41, 5.74) is 3.46. The standard InChI is InChI=1S/C18H19N3O5S/c1-11-9-13-10-14(7-8-16(13)21(11)12(2)22)27(25,26)20-19-18(24)15-5-3-4-6-17(15)23/h3-8,10-11,20,23H,9H2,1-2H3,(H,19,24). The zero-order chi connectivity index (χ0) is 19.8. The van der Waals surface area contributed by atoms with Crippen LogP contribution in [0.2, 0.25) is 0 Å². The lowest BCUT2D eigenvalue weighted by atomic mass is 10.1. The first-order valence-corrected chi connectivity index (χ1v) is 9.72. The van der Waals surface area contributed by atoms with E-state index in [-0.39, 0.29) is 28.2 Å². The molecule has 0 bridgehead atoms. The minimum atomic E-state index is -4.02. The minimum Gasteiger partial charge on any atom is -0.507 e. The molecule has 27 heavy (non-hydrogen) atoms. The highest BCUT2D eigenvalue weighted by Crippen LogP contribution is 2.33. The number of nitrogens with one attached hydrogen (secondary N) is 2. The summed E-state index contributed by atoms with van der Waals surface area (Å²) in [5, 5.41) is 9.66. The fourth-order valence-corrected chi connectivity index (χ4v) is 4.05. The van der Waals surface area contributed by atoms with Gasteiger partial charge in [0.2, 0.25) is 5.91 Å². The molecule has 0 saturated heterocycles. The summed E-state index contributed by atoms with van der Waals surface area (Å²) in [6, 6.07) is 10.2. The van der Waals surface area contributed by atoms with Crippen molar-refractivity contribution in [1.29, 1.82) is 0 Å². The van der Waals surface area contributed by atoms with E-state index in [4.69, 9.17) is 0 Å². The molecule has 3 rings (SSSR count). The largest absolute Gasteiger partial charge is 0.507 e. The van der Waals surface area contributed by atoms with Gasteiger partial charge in [-0.05, 0) is 49.2 Å². The molecule has 1 aliphatic rings. The smallest absolute Gasteiger partial charge is 0.269 e. The Bertz CT molecular complexity index is 1020. The Morgan fingerprint density at radius 3 is 2.56 bits per heavy atom. The maximum absolute atomic E-state index is 12.5. The third-order valence-corrected chi connectivity index (χ3v) is 5.61. The van der Waals surface area contributed by atoms with E-state index >= 15 is 0 Å². The molecule has 0 aliphatic carbocycles. The Kier molecular flexibility index (Phi) is 4.90. The Labute approximate surface area is 156 Å². The molecule has 1 heterocycles. The Morgan fingerprint density at radius 2 is 1.89 bits per heavy atom. The third kappa shape index (κ3) is 3.64. The van der Waals surface area contributed by atoms with Crippen molar-refractivity contribution in [2.75, 3.05) is 4.90 Å². The Morgan fingerprint density at radius 1 is 1.19 bits per heavy atom. The van der Waals surface area contributed by atoms with E-state index in [2.05, 4.69) is 5.43 Å². The molecular weight excluding hydrogens is 370 g/mol. The van der Waals surface area contributed by atoms with Crippen molar-refractivity contribution < 1.29 is 23.1 Å². The average Bonchev–Trinajstić information content (AvgIpc) is 2.95. The summed E-state index contributed by atoms with van der Waals surface area (Å²) in [5.74, 6) is -1.15. The maximum atomic E-state index is 12.5. The number of hydrazine groups is 1. The lowest BCUT2D eigenvalue weighted by molar-refractivity contribution is -0.116. The summed E-state index contributed by atoms with van der Waals surface area (Å²) in [6.07, 6.45) is 0.544. The molecule has 2 aromatic carbocycles. The van der Waals surface area contributed by atoms with Gasteiger partial charge in [-0.1, -0.05) is 12.1 Å². The average molecular weight is 389 g/mol. The molecule has 142 valence electrons. The van der Waals surface area contributed by atoms with Gasteiger partial charge in [0.15, 0.2) is 0 Å². The molecule has 0 saturated carbocycles. The van der Waals surface area contributed by atoms with Crippen LogP contribution in [0.1, 0.15) is 29.8 Å². The fraction of sp³-hybridized carbons (Fsp3) is 0.222. The first-order chi connectivity index (χ1) is 12.7. The number of sulfonamides is 1. The van der Waals surface area contributed by atoms with E-state index in [0.717, 1.165) is 5.56 Å². The van der Waals surface area contributed by atoms with Crippen LogP contribution in [-0.4, -0.2) is 31.4 Å². The van der Waals surface area contributed by atoms with Crippen molar-refractivity contribution in [2.45, 2.75) is 31.2 Å². The molecule has 9 heteroatoms. The summed E-state index contributed by atoms with van der Waals surface area (Å²) in [7, 11) is -4.02. The third-order valence-electron chi connectivity index (χ3n) is 4.36. The van der Waals surface area contributed by atoms with Crippen molar-refractivity contribution in [3.05, 3.63) is 53.6 Å². The molecule has 0 fully saturated rings. The van der Waals surface area contributed by atoms with E-state index in [1.54, 1.807) is 23.1 Å². The van der Waals surface area contributed by atoms with Crippen molar-refractivity contribution in [1.82, 2.24) is 10.3 Å². The number of aromatic hydroxyl groups is 1. The van der Waals surface area contributed by atoms with Gasteiger partial charge in [-0.25, -0.2) is 8.42 Å². The van der Waals surface area contributed by atoms with Gasteiger partial charge in [0, 0.05) is 18.7 Å². The van der Waals surface area contributed by atoms with Gasteiger partial charge in [0.25, 0.3) is 15.9 Å². The van der Waals surface area contributed by atoms with Crippen LogP contribution in [0, 0.1) is 0 Å². The number of rotatable bonds is 4. The number of carbonyl (C=O) groups excluding carboxylic acids is 2. The number of para-hydroxylation sites is 1. The zero-order valence-corrected chi connectivity index (χ0v) is 15.6. The van der Waals surface area contributed by atoms with Gasteiger partial charge in [-0.3, -0.25) is 15.0 Å². The number of hydrogen-bond acceptors (Lipinski definition) is 5. The van der Waals surface area contributed by atoms with E-state index in [0.29, 0.717) is 12.1 Å². The van der Waals surface area contributed by atoms with E-state index in [1.165, 1.54) is 31.2 Å². The predicted molar refractivity (Wildman–Crippen MR) is 98.7 cm³/mol. The van der Waals surface area contributed by atoms with E-state index < -0.39 is 15.9 Å². The number of nitrogens with zero attached hydrogens (tertiary/aromatic N) is 1. The summed E-state index contributed by atoms with van der Waals surface area (Å²) in [6.45, 7) is 3.35. The molecule has 0 spiro atoms. The molecule has 0 radical (unpaired) electrons. The second kappa shape index (κ2) is 7.01. The number of phenolic OH excluding ortho intramolecular Hbond substituents is 1. The van der Waals surface area contributed by atoms with Crippen molar-refractivity contribution in [3.63, 3.8) is 0 Å². The van der Waals surface area contributed by atoms with Crippen LogP contribution >= 0.6 is 0 Å². The van der Waals surface area contributed by atoms with Crippen molar-refractivity contribution in [2.24, 2.45) is 0 Å². The molecule has 1 aliphatic heterocycles. The molecule has 1 atom stereocenters. The van der Waals surface area contributed by atoms with Crippen LogP contribution in [0.3, 0.4) is 0 Å². The Balaban J connectivity index is 1.79. The first-order valence-electron chi connectivity index (χ1n) is 8.23. The summed E-state index contributed by atoms with van der Waals surface area (Å²) in [4.78, 5) is 27.4. The number of amides is 2. The predicted octanol–water partition coefficient (Wildman–Crippen LogP) is 1.31. The molecule has 0 aromatic heterocycles. The molecule has 8 nitrogen and oxygen atoms in total. The van der Waals surface area contributed by atoms with E-state index in [9.17, 15) is 23.1 Å². The topological polar surface area (TPSA) is 116 Å². The number of benzene rings is 2. The molecular formula is C18H19N3O5S. The first kappa shape index (κ1) is 18.9. The van der Waals surface area contributed by atoms with Gasteiger partial charge >= 0.3 is 0 Å². The zero-order valence-electron chi connectivity index (χ0n) is 14.8. The SMILES string of the molecule is CC(=O)N1c2ccc(S(=O)(=O)NNC(=O)c3ccccc3O)cc2CC1C. The number of anilines is 1. The maximum Gasteiger partial charge on any atom is 0.269 e. The quantitative estimate of drug-likeness (QED) is 0.682. The second-order valence-electron chi connectivity index (χ2n) is 6.31. The summed E-state index contributed by atoms with van der Waals surface area (Å²) < 4.78 is 25.0. The Hall–Kier alpha value is -2.91. The minimum absolute atomic E-state index is 0.0311. The van der Waals surface area contributed by atoms with Gasteiger partial charge in [0.05, 0.1) is 10.5 Å². The highest BCUT2D eigenvalue weighted by Gasteiger charge is 2.30. The monoisotopic (exact) mass is 389 g/mol. The molecule has 3 N–H and O–H groups in total. The fourth-order valence-electron chi connectivity index (χ4n) is 3.16. The number of carbonyl (C=O) groups is 2.